The minimum Gasteiger partial charge on any atom is -0.459 e. The number of amides is 3. The molecule has 0 unspecified atom stereocenters. The van der Waals surface area contributed by atoms with E-state index < -0.39 is 17.9 Å². The van der Waals surface area contributed by atoms with Crippen LogP contribution < -0.4 is 16.4 Å². The summed E-state index contributed by atoms with van der Waals surface area (Å²) in [6.07, 6.45) is 5.15. The molecule has 3 amide bonds. The first-order chi connectivity index (χ1) is 12.9. The van der Waals surface area contributed by atoms with Gasteiger partial charge < -0.3 is 20.8 Å². The van der Waals surface area contributed by atoms with Crippen molar-refractivity contribution in [1.29, 1.82) is 0 Å². The maximum atomic E-state index is 12.8. The fourth-order valence-corrected chi connectivity index (χ4v) is 4.56. The van der Waals surface area contributed by atoms with E-state index in [9.17, 15) is 14.4 Å². The fourth-order valence-electron chi connectivity index (χ4n) is 3.26. The maximum Gasteiger partial charge on any atom is 0.287 e. The van der Waals surface area contributed by atoms with Crippen LogP contribution in [0, 0.1) is 5.92 Å². The van der Waals surface area contributed by atoms with Gasteiger partial charge in [-0.3, -0.25) is 14.4 Å². The summed E-state index contributed by atoms with van der Waals surface area (Å²) in [5, 5.41) is 5.98. The number of hydrogen-bond donors (Lipinski definition) is 3. The molecule has 0 aliphatic heterocycles. The van der Waals surface area contributed by atoms with Crippen molar-refractivity contribution in [3.05, 3.63) is 40.2 Å². The average Bonchev–Trinajstić information content (AvgIpc) is 3.26. The van der Waals surface area contributed by atoms with E-state index in [1.165, 1.54) is 23.7 Å². The number of primary amides is 1. The molecule has 144 valence electrons. The summed E-state index contributed by atoms with van der Waals surface area (Å²) >= 11 is 1.40. The minimum absolute atomic E-state index is 0.137. The highest BCUT2D eigenvalue weighted by molar-refractivity contribution is 7.17. The number of fused-ring (bicyclic) bond motifs is 1. The highest BCUT2D eigenvalue weighted by Crippen LogP contribution is 2.38. The molecule has 0 fully saturated rings. The molecule has 8 heteroatoms. The van der Waals surface area contributed by atoms with Gasteiger partial charge in [0.15, 0.2) is 5.76 Å². The van der Waals surface area contributed by atoms with Gasteiger partial charge in [-0.25, -0.2) is 0 Å². The molecule has 2 aromatic heterocycles. The van der Waals surface area contributed by atoms with Crippen molar-refractivity contribution in [1.82, 2.24) is 5.32 Å². The van der Waals surface area contributed by atoms with Gasteiger partial charge in [0.05, 0.1) is 11.8 Å². The first kappa shape index (κ1) is 19.2. The summed E-state index contributed by atoms with van der Waals surface area (Å²) in [6.45, 7) is 3.67. The van der Waals surface area contributed by atoms with E-state index in [-0.39, 0.29) is 17.6 Å². The van der Waals surface area contributed by atoms with Crippen LogP contribution in [-0.4, -0.2) is 23.8 Å². The Morgan fingerprint density at radius 2 is 1.96 bits per heavy atom. The topological polar surface area (TPSA) is 114 Å². The molecule has 1 atom stereocenters. The molecule has 2 heterocycles. The Morgan fingerprint density at radius 1 is 1.22 bits per heavy atom. The smallest absolute Gasteiger partial charge is 0.287 e. The molecule has 1 aliphatic carbocycles. The molecule has 0 spiro atoms. The average molecular weight is 389 g/mol. The Bertz CT molecular complexity index is 855. The second-order valence-corrected chi connectivity index (χ2v) is 8.05. The predicted octanol–water partition coefficient (Wildman–Crippen LogP) is 2.71. The zero-order chi connectivity index (χ0) is 19.6. The molecule has 0 radical (unpaired) electrons. The van der Waals surface area contributed by atoms with Crippen LogP contribution in [0.15, 0.2) is 22.8 Å². The van der Waals surface area contributed by atoms with Gasteiger partial charge >= 0.3 is 0 Å². The van der Waals surface area contributed by atoms with E-state index in [1.54, 1.807) is 6.07 Å². The lowest BCUT2D eigenvalue weighted by atomic mass is 9.95. The van der Waals surface area contributed by atoms with E-state index >= 15 is 0 Å². The number of thiophene rings is 1. The Hall–Kier alpha value is -2.61. The van der Waals surface area contributed by atoms with Crippen LogP contribution >= 0.6 is 11.3 Å². The molecule has 2 aromatic rings. The van der Waals surface area contributed by atoms with Crippen LogP contribution in [-0.2, 0) is 17.6 Å². The highest BCUT2D eigenvalue weighted by Gasteiger charge is 2.29. The molecular weight excluding hydrogens is 366 g/mol. The molecule has 27 heavy (non-hydrogen) atoms. The lowest BCUT2D eigenvalue weighted by Gasteiger charge is -2.21. The number of nitrogens with two attached hydrogens (primary N) is 1. The Labute approximate surface area is 161 Å². The number of aryl methyl sites for hydroxylation is 1. The number of rotatable bonds is 6. The van der Waals surface area contributed by atoms with Crippen molar-refractivity contribution < 1.29 is 18.8 Å². The summed E-state index contributed by atoms with van der Waals surface area (Å²) in [7, 11) is 0. The third kappa shape index (κ3) is 4.05. The van der Waals surface area contributed by atoms with E-state index in [0.717, 1.165) is 36.1 Å². The molecule has 0 bridgehead atoms. The van der Waals surface area contributed by atoms with Crippen molar-refractivity contribution in [3.8, 4) is 0 Å². The molecule has 4 N–H and O–H groups in total. The van der Waals surface area contributed by atoms with Crippen LogP contribution in [0.3, 0.4) is 0 Å². The molecule has 0 saturated heterocycles. The standard InChI is InChI=1S/C19H23N3O4S/c1-10(2)15(21-17(24)12-7-5-9-26-12)18(25)22-19-14(16(20)23)11-6-3-4-8-13(11)27-19/h5,7,9-10,15H,3-4,6,8H2,1-2H3,(H2,20,23)(H,21,24)(H,22,25)/t15-/m1/s1. The molecule has 1 aliphatic rings. The zero-order valence-corrected chi connectivity index (χ0v) is 16.2. The van der Waals surface area contributed by atoms with Crippen LogP contribution in [0.1, 0.15) is 58.0 Å². The number of hydrogen-bond acceptors (Lipinski definition) is 5. The van der Waals surface area contributed by atoms with Gasteiger partial charge in [0.25, 0.3) is 11.8 Å². The number of furan rings is 1. The second kappa shape index (κ2) is 7.96. The molecule has 3 rings (SSSR count). The Morgan fingerprint density at radius 3 is 2.59 bits per heavy atom. The Kier molecular flexibility index (Phi) is 5.65. The van der Waals surface area contributed by atoms with Gasteiger partial charge in [0, 0.05) is 4.88 Å². The lowest BCUT2D eigenvalue weighted by Crippen LogP contribution is -2.47. The van der Waals surface area contributed by atoms with E-state index in [2.05, 4.69) is 10.6 Å². The monoisotopic (exact) mass is 389 g/mol. The fraction of sp³-hybridized carbons (Fsp3) is 0.421. The van der Waals surface area contributed by atoms with Gasteiger partial charge in [-0.05, 0) is 49.3 Å². The van der Waals surface area contributed by atoms with Crippen LogP contribution in [0.4, 0.5) is 5.00 Å². The Balaban J connectivity index is 1.81. The van der Waals surface area contributed by atoms with E-state index in [1.807, 2.05) is 13.8 Å². The van der Waals surface area contributed by atoms with E-state index in [0.29, 0.717) is 10.6 Å². The van der Waals surface area contributed by atoms with Crippen molar-refractivity contribution in [2.75, 3.05) is 5.32 Å². The van der Waals surface area contributed by atoms with Crippen LogP contribution in [0.2, 0.25) is 0 Å². The summed E-state index contributed by atoms with van der Waals surface area (Å²) in [6, 6.07) is 2.36. The third-order valence-electron chi connectivity index (χ3n) is 4.64. The first-order valence-electron chi connectivity index (χ1n) is 8.98. The normalized spacial score (nSPS) is 14.5. The molecule has 0 aromatic carbocycles. The van der Waals surface area contributed by atoms with Gasteiger partial charge in [-0.15, -0.1) is 11.3 Å². The summed E-state index contributed by atoms with van der Waals surface area (Å²) < 4.78 is 5.08. The zero-order valence-electron chi connectivity index (χ0n) is 15.3. The highest BCUT2D eigenvalue weighted by atomic mass is 32.1. The molecule has 0 saturated carbocycles. The molecular formula is C19H23N3O4S. The summed E-state index contributed by atoms with van der Waals surface area (Å²) in [5.74, 6) is -1.40. The quantitative estimate of drug-likeness (QED) is 0.704. The minimum atomic E-state index is -0.776. The summed E-state index contributed by atoms with van der Waals surface area (Å²) in [5.41, 5.74) is 6.93. The SMILES string of the molecule is CC(C)[C@@H](NC(=O)c1ccco1)C(=O)Nc1sc2c(c1C(N)=O)CCCC2. The molecule has 7 nitrogen and oxygen atoms in total. The van der Waals surface area contributed by atoms with Crippen molar-refractivity contribution in [2.45, 2.75) is 45.6 Å². The van der Waals surface area contributed by atoms with Crippen molar-refractivity contribution in [2.24, 2.45) is 11.7 Å². The van der Waals surface area contributed by atoms with Crippen molar-refractivity contribution in [3.63, 3.8) is 0 Å². The number of carbonyl (C=O) groups is 3. The van der Waals surface area contributed by atoms with Gasteiger partial charge in [0.2, 0.25) is 5.91 Å². The van der Waals surface area contributed by atoms with E-state index in [4.69, 9.17) is 10.2 Å². The number of carbonyl (C=O) groups excluding carboxylic acids is 3. The van der Waals surface area contributed by atoms with Gasteiger partial charge in [0.1, 0.15) is 11.0 Å². The first-order valence-corrected chi connectivity index (χ1v) is 9.79. The maximum absolute atomic E-state index is 12.8. The third-order valence-corrected chi connectivity index (χ3v) is 5.84. The van der Waals surface area contributed by atoms with Gasteiger partial charge in [-0.1, -0.05) is 13.8 Å². The largest absolute Gasteiger partial charge is 0.459 e. The number of nitrogens with one attached hydrogen (secondary N) is 2. The van der Waals surface area contributed by atoms with Crippen molar-refractivity contribution >= 4 is 34.1 Å². The predicted molar refractivity (Wildman–Crippen MR) is 103 cm³/mol. The van der Waals surface area contributed by atoms with Gasteiger partial charge in [-0.2, -0.15) is 0 Å². The van der Waals surface area contributed by atoms with Crippen LogP contribution in [0.25, 0.3) is 0 Å². The summed E-state index contributed by atoms with van der Waals surface area (Å²) in [4.78, 5) is 38.2. The van der Waals surface area contributed by atoms with Crippen LogP contribution in [0.5, 0.6) is 0 Å². The number of anilines is 1. The lowest BCUT2D eigenvalue weighted by molar-refractivity contribution is -0.118. The second-order valence-electron chi connectivity index (χ2n) is 6.94.